The van der Waals surface area contributed by atoms with Crippen molar-refractivity contribution in [3.8, 4) is 11.5 Å². The molecule has 9 heteroatoms. The fourth-order valence-electron chi connectivity index (χ4n) is 3.38. The van der Waals surface area contributed by atoms with Crippen molar-refractivity contribution in [2.24, 2.45) is 0 Å². The Morgan fingerprint density at radius 1 is 1.09 bits per heavy atom. The lowest BCUT2D eigenvalue weighted by Crippen LogP contribution is -2.50. The van der Waals surface area contributed by atoms with Crippen LogP contribution in [0.15, 0.2) is 77.7 Å². The average molecular weight is 473 g/mol. The lowest BCUT2D eigenvalue weighted by Gasteiger charge is -2.34. The van der Waals surface area contributed by atoms with Gasteiger partial charge in [-0.15, -0.1) is 0 Å². The van der Waals surface area contributed by atoms with Gasteiger partial charge < -0.3 is 14.8 Å². The monoisotopic (exact) mass is 472 g/mol. The third-order valence-electron chi connectivity index (χ3n) is 5.09. The number of ether oxygens (including phenoxy) is 2. The highest BCUT2D eigenvalue weighted by Crippen LogP contribution is 2.37. The second-order valence-corrected chi connectivity index (χ2v) is 9.36. The summed E-state index contributed by atoms with van der Waals surface area (Å²) in [5.41, 5.74) is 1.12. The Morgan fingerprint density at radius 3 is 2.50 bits per heavy atom. The molecular weight excluding hydrogens is 452 g/mol. The van der Waals surface area contributed by atoms with Crippen molar-refractivity contribution in [1.82, 2.24) is 5.32 Å². The largest absolute Gasteiger partial charge is 0.497 e. The van der Waals surface area contributed by atoms with Crippen LogP contribution in [0.25, 0.3) is 0 Å². The van der Waals surface area contributed by atoms with Crippen molar-refractivity contribution < 1.29 is 22.7 Å². The molecule has 3 aromatic carbocycles. The SMILES string of the molecule is COc1ccc(S(=O)(=O)N2C[C@@H](C(=O)NCc3ccccc3Cl)Oc3ccccc32)cc1. The van der Waals surface area contributed by atoms with Crippen LogP contribution in [0.2, 0.25) is 5.02 Å². The van der Waals surface area contributed by atoms with Crippen LogP contribution in [0.4, 0.5) is 5.69 Å². The Kier molecular flexibility index (Phi) is 6.25. The summed E-state index contributed by atoms with van der Waals surface area (Å²) in [5.74, 6) is 0.422. The number of amides is 1. The number of rotatable bonds is 6. The van der Waals surface area contributed by atoms with E-state index in [1.54, 1.807) is 54.6 Å². The van der Waals surface area contributed by atoms with Gasteiger partial charge in [0, 0.05) is 11.6 Å². The number of nitrogens with one attached hydrogen (secondary N) is 1. The topological polar surface area (TPSA) is 84.9 Å². The van der Waals surface area contributed by atoms with Crippen LogP contribution in [0.3, 0.4) is 0 Å². The number of fused-ring (bicyclic) bond motifs is 1. The lowest BCUT2D eigenvalue weighted by molar-refractivity contribution is -0.127. The summed E-state index contributed by atoms with van der Waals surface area (Å²) in [6.07, 6.45) is -1.03. The normalized spacial score (nSPS) is 15.4. The molecule has 1 aliphatic heterocycles. The van der Waals surface area contributed by atoms with Gasteiger partial charge in [-0.05, 0) is 48.0 Å². The number of nitrogens with zero attached hydrogens (tertiary/aromatic N) is 1. The molecule has 0 spiro atoms. The number of hydrogen-bond donors (Lipinski definition) is 1. The predicted octanol–water partition coefficient (Wildman–Crippen LogP) is 3.62. The minimum atomic E-state index is -3.94. The van der Waals surface area contributed by atoms with Crippen LogP contribution >= 0.6 is 11.6 Å². The summed E-state index contributed by atoms with van der Waals surface area (Å²) in [5, 5.41) is 3.31. The molecule has 1 aliphatic rings. The standard InChI is InChI=1S/C23H21ClN2O5S/c1-30-17-10-12-18(13-11-17)32(28,29)26-15-22(31-21-9-5-4-8-20(21)26)23(27)25-14-16-6-2-3-7-19(16)24/h2-13,22H,14-15H2,1H3,(H,25,27)/t22-/m0/s1. The first-order chi connectivity index (χ1) is 15.4. The molecule has 1 atom stereocenters. The summed E-state index contributed by atoms with van der Waals surface area (Å²) < 4.78 is 39.0. The highest BCUT2D eigenvalue weighted by Gasteiger charge is 2.37. The average Bonchev–Trinajstić information content (AvgIpc) is 2.82. The summed E-state index contributed by atoms with van der Waals surface area (Å²) in [6.45, 7) is 0.0327. The first-order valence-corrected chi connectivity index (χ1v) is 11.7. The quantitative estimate of drug-likeness (QED) is 0.592. The van der Waals surface area contributed by atoms with Gasteiger partial charge >= 0.3 is 0 Å². The molecule has 0 fully saturated rings. The van der Waals surface area contributed by atoms with E-state index in [2.05, 4.69) is 5.32 Å². The summed E-state index contributed by atoms with van der Waals surface area (Å²) in [6, 6.07) is 20.0. The molecule has 0 aromatic heterocycles. The summed E-state index contributed by atoms with van der Waals surface area (Å²) in [4.78, 5) is 13.0. The second-order valence-electron chi connectivity index (χ2n) is 7.10. The molecule has 0 bridgehead atoms. The van der Waals surface area contributed by atoms with Crippen molar-refractivity contribution in [2.75, 3.05) is 18.0 Å². The van der Waals surface area contributed by atoms with E-state index in [0.29, 0.717) is 22.2 Å². The molecule has 0 radical (unpaired) electrons. The third-order valence-corrected chi connectivity index (χ3v) is 7.25. The maximum atomic E-state index is 13.4. The number of carbonyl (C=O) groups excluding carboxylic acids is 1. The molecule has 32 heavy (non-hydrogen) atoms. The number of halogens is 1. The van der Waals surface area contributed by atoms with E-state index >= 15 is 0 Å². The van der Waals surface area contributed by atoms with Crippen LogP contribution in [0.1, 0.15) is 5.56 Å². The first-order valence-electron chi connectivity index (χ1n) is 9.84. The zero-order chi connectivity index (χ0) is 22.7. The Morgan fingerprint density at radius 2 is 1.78 bits per heavy atom. The number of benzene rings is 3. The number of hydrogen-bond acceptors (Lipinski definition) is 5. The molecule has 7 nitrogen and oxygen atoms in total. The number of sulfonamides is 1. The van der Waals surface area contributed by atoms with E-state index in [9.17, 15) is 13.2 Å². The van der Waals surface area contributed by atoms with Crippen LogP contribution < -0.4 is 19.1 Å². The highest BCUT2D eigenvalue weighted by atomic mass is 35.5. The van der Waals surface area contributed by atoms with Crippen LogP contribution in [-0.4, -0.2) is 34.1 Å². The minimum absolute atomic E-state index is 0.0882. The fraction of sp³-hybridized carbons (Fsp3) is 0.174. The van der Waals surface area contributed by atoms with Gasteiger partial charge in [0.1, 0.15) is 11.5 Å². The molecule has 166 valence electrons. The number of methoxy groups -OCH3 is 1. The molecule has 4 rings (SSSR count). The zero-order valence-electron chi connectivity index (χ0n) is 17.2. The van der Waals surface area contributed by atoms with Gasteiger partial charge in [-0.25, -0.2) is 8.42 Å². The van der Waals surface area contributed by atoms with Gasteiger partial charge in [-0.1, -0.05) is 41.9 Å². The van der Waals surface area contributed by atoms with Gasteiger partial charge in [-0.3, -0.25) is 9.10 Å². The molecule has 1 heterocycles. The Bertz CT molecular complexity index is 1230. The molecule has 0 saturated carbocycles. The van der Waals surface area contributed by atoms with Gasteiger partial charge in [0.25, 0.3) is 15.9 Å². The van der Waals surface area contributed by atoms with Crippen LogP contribution in [-0.2, 0) is 21.4 Å². The molecule has 0 saturated heterocycles. The smallest absolute Gasteiger partial charge is 0.264 e. The molecule has 0 unspecified atom stereocenters. The van der Waals surface area contributed by atoms with Gasteiger partial charge in [0.15, 0.2) is 6.10 Å². The first kappa shape index (κ1) is 22.0. The molecular formula is C23H21ClN2O5S. The third kappa shape index (κ3) is 4.37. The fourth-order valence-corrected chi connectivity index (χ4v) is 5.06. The Balaban J connectivity index is 1.60. The van der Waals surface area contributed by atoms with E-state index in [4.69, 9.17) is 21.1 Å². The number of para-hydroxylation sites is 2. The Hall–Kier alpha value is -3.23. The van der Waals surface area contributed by atoms with Crippen molar-refractivity contribution in [2.45, 2.75) is 17.5 Å². The highest BCUT2D eigenvalue weighted by molar-refractivity contribution is 7.92. The molecule has 0 aliphatic carbocycles. The van der Waals surface area contributed by atoms with Gasteiger partial charge in [0.2, 0.25) is 0 Å². The lowest BCUT2D eigenvalue weighted by atomic mass is 10.2. The van der Waals surface area contributed by atoms with Crippen LogP contribution in [0, 0.1) is 0 Å². The van der Waals surface area contributed by atoms with E-state index < -0.39 is 22.0 Å². The van der Waals surface area contributed by atoms with E-state index in [1.165, 1.54) is 23.5 Å². The van der Waals surface area contributed by atoms with Crippen molar-refractivity contribution >= 4 is 33.2 Å². The minimum Gasteiger partial charge on any atom is -0.497 e. The summed E-state index contributed by atoms with van der Waals surface area (Å²) >= 11 is 6.15. The van der Waals surface area contributed by atoms with Gasteiger partial charge in [-0.2, -0.15) is 0 Å². The van der Waals surface area contributed by atoms with E-state index in [0.717, 1.165) is 5.56 Å². The Labute approximate surface area is 191 Å². The van der Waals surface area contributed by atoms with Crippen molar-refractivity contribution in [3.63, 3.8) is 0 Å². The zero-order valence-corrected chi connectivity index (χ0v) is 18.8. The molecule has 1 amide bonds. The van der Waals surface area contributed by atoms with E-state index in [1.807, 2.05) is 6.07 Å². The summed E-state index contributed by atoms with van der Waals surface area (Å²) in [7, 11) is -2.44. The van der Waals surface area contributed by atoms with Gasteiger partial charge in [0.05, 0.1) is 24.2 Å². The number of anilines is 1. The number of carbonyl (C=O) groups is 1. The van der Waals surface area contributed by atoms with E-state index in [-0.39, 0.29) is 18.0 Å². The molecule has 3 aromatic rings. The maximum Gasteiger partial charge on any atom is 0.264 e. The predicted molar refractivity (Wildman–Crippen MR) is 122 cm³/mol. The van der Waals surface area contributed by atoms with Crippen LogP contribution in [0.5, 0.6) is 11.5 Å². The van der Waals surface area contributed by atoms with Crippen molar-refractivity contribution in [1.29, 1.82) is 0 Å². The maximum absolute atomic E-state index is 13.4. The molecule has 1 N–H and O–H groups in total. The second kappa shape index (κ2) is 9.10. The van der Waals surface area contributed by atoms with Crippen molar-refractivity contribution in [3.05, 3.63) is 83.4 Å².